The third-order valence-corrected chi connectivity index (χ3v) is 4.45. The lowest BCUT2D eigenvalue weighted by atomic mass is 10.1. The van der Waals surface area contributed by atoms with Gasteiger partial charge in [-0.05, 0) is 24.3 Å². The molecule has 0 aliphatic carbocycles. The average Bonchev–Trinajstić information content (AvgIpc) is 2.69. The Kier molecular flexibility index (Phi) is 4.84. The number of hydrogen-bond acceptors (Lipinski definition) is 4. The molecule has 3 aromatic carbocycles. The van der Waals surface area contributed by atoms with Crippen LogP contribution >= 0.6 is 11.6 Å². The highest BCUT2D eigenvalue weighted by molar-refractivity contribution is 6.35. The molecule has 4 nitrogen and oxygen atoms in total. The van der Waals surface area contributed by atoms with E-state index in [9.17, 15) is 0 Å². The molecule has 0 bridgehead atoms. The van der Waals surface area contributed by atoms with Crippen molar-refractivity contribution < 1.29 is 9.47 Å². The summed E-state index contributed by atoms with van der Waals surface area (Å²) in [5, 5.41) is 3.66. The van der Waals surface area contributed by atoms with Crippen molar-refractivity contribution in [3.8, 4) is 11.6 Å². The lowest BCUT2D eigenvalue weighted by molar-refractivity contribution is 0.245. The number of rotatable bonds is 6. The summed E-state index contributed by atoms with van der Waals surface area (Å²) in [4.78, 5) is 8.46. The largest absolute Gasteiger partial charge is 0.493 e. The van der Waals surface area contributed by atoms with Crippen LogP contribution in [0.5, 0.6) is 11.6 Å². The third kappa shape index (κ3) is 3.41. The minimum absolute atomic E-state index is 0.520. The van der Waals surface area contributed by atoms with Crippen molar-refractivity contribution >= 4 is 33.3 Å². The van der Waals surface area contributed by atoms with E-state index >= 15 is 0 Å². The number of fused-ring (bicyclic) bond motifs is 2. The van der Waals surface area contributed by atoms with E-state index in [2.05, 4.69) is 9.97 Å². The van der Waals surface area contributed by atoms with Crippen LogP contribution in [-0.4, -0.2) is 23.2 Å². The molecule has 26 heavy (non-hydrogen) atoms. The minimum Gasteiger partial charge on any atom is -0.493 e. The first-order valence-electron chi connectivity index (χ1n) is 8.45. The molecule has 0 N–H and O–H groups in total. The van der Waals surface area contributed by atoms with Gasteiger partial charge in [0.1, 0.15) is 12.1 Å². The van der Waals surface area contributed by atoms with Gasteiger partial charge in [0.25, 0.3) is 0 Å². The Morgan fingerprint density at radius 3 is 2.35 bits per heavy atom. The first-order chi connectivity index (χ1) is 12.8. The van der Waals surface area contributed by atoms with Crippen molar-refractivity contribution in [2.24, 2.45) is 0 Å². The SMILES string of the molecule is Clc1ccc(OCCCOc2ncnc3ccccc23)c2ccccc12. The Bertz CT molecular complexity index is 1050. The van der Waals surface area contributed by atoms with Crippen molar-refractivity contribution in [1.82, 2.24) is 9.97 Å². The summed E-state index contributed by atoms with van der Waals surface area (Å²) in [6, 6.07) is 19.5. The fourth-order valence-corrected chi connectivity index (χ4v) is 3.09. The van der Waals surface area contributed by atoms with Crippen LogP contribution < -0.4 is 9.47 Å². The normalized spacial score (nSPS) is 11.0. The van der Waals surface area contributed by atoms with Crippen molar-refractivity contribution in [1.29, 1.82) is 0 Å². The summed E-state index contributed by atoms with van der Waals surface area (Å²) < 4.78 is 11.7. The van der Waals surface area contributed by atoms with E-state index < -0.39 is 0 Å². The lowest BCUT2D eigenvalue weighted by Gasteiger charge is -2.11. The molecule has 0 amide bonds. The molecule has 0 fully saturated rings. The van der Waals surface area contributed by atoms with Crippen molar-refractivity contribution in [2.75, 3.05) is 13.2 Å². The molecule has 0 aliphatic heterocycles. The van der Waals surface area contributed by atoms with E-state index in [4.69, 9.17) is 21.1 Å². The Labute approximate surface area is 156 Å². The van der Waals surface area contributed by atoms with Crippen LogP contribution in [0.3, 0.4) is 0 Å². The fraction of sp³-hybridized carbons (Fsp3) is 0.143. The van der Waals surface area contributed by atoms with E-state index in [0.717, 1.165) is 38.9 Å². The molecule has 0 spiro atoms. The molecule has 0 aliphatic rings. The Morgan fingerprint density at radius 1 is 0.731 bits per heavy atom. The van der Waals surface area contributed by atoms with Crippen LogP contribution in [0.2, 0.25) is 5.02 Å². The second kappa shape index (κ2) is 7.58. The number of benzene rings is 3. The zero-order chi connectivity index (χ0) is 17.8. The van der Waals surface area contributed by atoms with E-state index in [-0.39, 0.29) is 0 Å². The van der Waals surface area contributed by atoms with Crippen molar-refractivity contribution in [3.05, 3.63) is 72.0 Å². The number of aromatic nitrogens is 2. The van der Waals surface area contributed by atoms with E-state index in [1.807, 2.05) is 60.7 Å². The molecule has 130 valence electrons. The van der Waals surface area contributed by atoms with Gasteiger partial charge in [0.2, 0.25) is 5.88 Å². The number of para-hydroxylation sites is 1. The molecule has 4 aromatic rings. The highest BCUT2D eigenvalue weighted by Crippen LogP contribution is 2.31. The monoisotopic (exact) mass is 364 g/mol. The lowest BCUT2D eigenvalue weighted by Crippen LogP contribution is -2.06. The van der Waals surface area contributed by atoms with Gasteiger partial charge in [-0.3, -0.25) is 0 Å². The van der Waals surface area contributed by atoms with Gasteiger partial charge < -0.3 is 9.47 Å². The highest BCUT2D eigenvalue weighted by atomic mass is 35.5. The molecular formula is C21H17ClN2O2. The third-order valence-electron chi connectivity index (χ3n) is 4.12. The van der Waals surface area contributed by atoms with Crippen LogP contribution in [0, 0.1) is 0 Å². The Morgan fingerprint density at radius 2 is 1.46 bits per heavy atom. The maximum atomic E-state index is 6.24. The second-order valence-corrected chi connectivity index (χ2v) is 6.24. The van der Waals surface area contributed by atoms with Gasteiger partial charge in [-0.1, -0.05) is 48.0 Å². The van der Waals surface area contributed by atoms with Gasteiger partial charge in [0, 0.05) is 22.2 Å². The number of hydrogen-bond donors (Lipinski definition) is 0. The maximum Gasteiger partial charge on any atom is 0.224 e. The predicted molar refractivity (Wildman–Crippen MR) is 104 cm³/mol. The van der Waals surface area contributed by atoms with E-state index in [1.165, 1.54) is 6.33 Å². The summed E-state index contributed by atoms with van der Waals surface area (Å²) in [6.45, 7) is 1.07. The van der Waals surface area contributed by atoms with E-state index in [1.54, 1.807) is 0 Å². The number of nitrogens with zero attached hydrogens (tertiary/aromatic N) is 2. The van der Waals surface area contributed by atoms with Gasteiger partial charge in [0.15, 0.2) is 0 Å². The second-order valence-electron chi connectivity index (χ2n) is 5.84. The molecule has 1 aromatic heterocycles. The molecule has 0 radical (unpaired) electrons. The zero-order valence-electron chi connectivity index (χ0n) is 14.1. The zero-order valence-corrected chi connectivity index (χ0v) is 14.8. The molecule has 0 saturated carbocycles. The Balaban J connectivity index is 1.37. The van der Waals surface area contributed by atoms with Crippen LogP contribution in [0.15, 0.2) is 67.0 Å². The van der Waals surface area contributed by atoms with E-state index in [0.29, 0.717) is 19.1 Å². The molecule has 4 rings (SSSR count). The molecule has 0 unspecified atom stereocenters. The van der Waals surface area contributed by atoms with Gasteiger partial charge in [-0.2, -0.15) is 0 Å². The first kappa shape index (κ1) is 16.6. The van der Waals surface area contributed by atoms with Crippen LogP contribution in [0.25, 0.3) is 21.7 Å². The predicted octanol–water partition coefficient (Wildman–Crippen LogP) is 5.28. The van der Waals surface area contributed by atoms with Crippen LogP contribution in [0.4, 0.5) is 0 Å². The van der Waals surface area contributed by atoms with Crippen LogP contribution in [-0.2, 0) is 0 Å². The molecule has 0 saturated heterocycles. The molecular weight excluding hydrogens is 348 g/mol. The van der Waals surface area contributed by atoms with Gasteiger partial charge in [-0.25, -0.2) is 9.97 Å². The number of halogens is 1. The highest BCUT2D eigenvalue weighted by Gasteiger charge is 2.06. The first-order valence-corrected chi connectivity index (χ1v) is 8.83. The molecule has 5 heteroatoms. The topological polar surface area (TPSA) is 44.2 Å². The standard InChI is InChI=1S/C21H17ClN2O2/c22-18-10-11-20(16-7-2-1-6-15(16)18)25-12-5-13-26-21-17-8-3-4-9-19(17)23-14-24-21/h1-4,6-11,14H,5,12-13H2. The summed E-state index contributed by atoms with van der Waals surface area (Å²) in [5.41, 5.74) is 0.876. The quantitative estimate of drug-likeness (QED) is 0.436. The maximum absolute atomic E-state index is 6.24. The summed E-state index contributed by atoms with van der Waals surface area (Å²) in [6.07, 6.45) is 2.27. The summed E-state index contributed by atoms with van der Waals surface area (Å²) in [7, 11) is 0. The fourth-order valence-electron chi connectivity index (χ4n) is 2.87. The average molecular weight is 365 g/mol. The number of ether oxygens (including phenoxy) is 2. The van der Waals surface area contributed by atoms with Gasteiger partial charge in [-0.15, -0.1) is 0 Å². The Hall–Kier alpha value is -2.85. The van der Waals surface area contributed by atoms with Crippen molar-refractivity contribution in [2.45, 2.75) is 6.42 Å². The smallest absolute Gasteiger partial charge is 0.224 e. The minimum atomic E-state index is 0.520. The van der Waals surface area contributed by atoms with Crippen LogP contribution in [0.1, 0.15) is 6.42 Å². The summed E-state index contributed by atoms with van der Waals surface area (Å²) in [5.74, 6) is 1.44. The molecule has 1 heterocycles. The van der Waals surface area contributed by atoms with Crippen molar-refractivity contribution in [3.63, 3.8) is 0 Å². The van der Waals surface area contributed by atoms with Gasteiger partial charge >= 0.3 is 0 Å². The van der Waals surface area contributed by atoms with Gasteiger partial charge in [0.05, 0.1) is 24.1 Å². The summed E-state index contributed by atoms with van der Waals surface area (Å²) >= 11 is 6.24. The molecule has 0 atom stereocenters.